The van der Waals surface area contributed by atoms with Crippen molar-refractivity contribution < 1.29 is 4.79 Å². The fraction of sp³-hybridized carbons (Fsp3) is 0.333. The molecule has 6 heteroatoms. The molecular weight excluding hydrogens is 354 g/mol. The average Bonchev–Trinajstić information content (AvgIpc) is 2.85. The van der Waals surface area contributed by atoms with Crippen molar-refractivity contribution in [2.24, 2.45) is 7.05 Å². The van der Waals surface area contributed by atoms with Crippen molar-refractivity contribution >= 4 is 33.4 Å². The Kier molecular flexibility index (Phi) is 5.06. The van der Waals surface area contributed by atoms with E-state index in [1.807, 2.05) is 39.1 Å². The number of aromatic nitrogens is 2. The van der Waals surface area contributed by atoms with Crippen LogP contribution < -0.4 is 0 Å². The molecule has 1 aromatic carbocycles. The Hall–Kier alpha value is -1.33. The highest BCUT2D eigenvalue weighted by molar-refractivity contribution is 9.10. The molecule has 0 fully saturated rings. The monoisotopic (exact) mass is 369 g/mol. The molecule has 0 saturated heterocycles. The van der Waals surface area contributed by atoms with E-state index in [0.29, 0.717) is 17.3 Å². The molecule has 0 bridgehead atoms. The lowest BCUT2D eigenvalue weighted by molar-refractivity contribution is 0.0684. The molecule has 4 nitrogen and oxygen atoms in total. The normalized spacial score (nSPS) is 11.0. The van der Waals surface area contributed by atoms with Crippen molar-refractivity contribution in [3.63, 3.8) is 0 Å². The molecule has 1 heterocycles. The third-order valence-corrected chi connectivity index (χ3v) is 4.36. The second-order valence-corrected chi connectivity index (χ2v) is 6.46. The number of imidazole rings is 1. The van der Waals surface area contributed by atoms with Gasteiger partial charge in [0.05, 0.1) is 11.3 Å². The Morgan fingerprint density at radius 1 is 1.48 bits per heavy atom. The number of aryl methyl sites for hydroxylation is 1. The molecule has 0 atom stereocenters. The molecule has 112 valence electrons. The largest absolute Gasteiger partial charge is 0.340 e. The van der Waals surface area contributed by atoms with Gasteiger partial charge in [-0.15, -0.1) is 0 Å². The van der Waals surface area contributed by atoms with Crippen LogP contribution in [0.3, 0.4) is 0 Å². The molecule has 0 unspecified atom stereocenters. The highest BCUT2D eigenvalue weighted by Crippen LogP contribution is 2.24. The first-order valence-electron chi connectivity index (χ1n) is 6.61. The van der Waals surface area contributed by atoms with Gasteiger partial charge in [-0.25, -0.2) is 4.98 Å². The van der Waals surface area contributed by atoms with Crippen LogP contribution in [0.15, 0.2) is 35.2 Å². The van der Waals surface area contributed by atoms with Crippen molar-refractivity contribution in [3.8, 4) is 0 Å². The van der Waals surface area contributed by atoms with Crippen LogP contribution in [0.5, 0.6) is 0 Å². The number of carbonyl (C=O) groups is 1. The van der Waals surface area contributed by atoms with Crippen LogP contribution in [0, 0.1) is 0 Å². The van der Waals surface area contributed by atoms with E-state index < -0.39 is 0 Å². The van der Waals surface area contributed by atoms with Crippen LogP contribution >= 0.6 is 27.5 Å². The van der Waals surface area contributed by atoms with E-state index in [-0.39, 0.29) is 11.9 Å². The highest BCUT2D eigenvalue weighted by atomic mass is 79.9. The van der Waals surface area contributed by atoms with Gasteiger partial charge in [0.1, 0.15) is 5.69 Å². The van der Waals surface area contributed by atoms with Gasteiger partial charge in [0, 0.05) is 30.3 Å². The Morgan fingerprint density at radius 2 is 2.19 bits per heavy atom. The topological polar surface area (TPSA) is 38.1 Å². The lowest BCUT2D eigenvalue weighted by atomic mass is 10.1. The summed E-state index contributed by atoms with van der Waals surface area (Å²) in [6.45, 7) is 4.50. The molecular formula is C15H17BrClN3O. The van der Waals surface area contributed by atoms with Crippen molar-refractivity contribution in [3.05, 3.63) is 51.5 Å². The number of amides is 1. The Bertz CT molecular complexity index is 654. The lowest BCUT2D eigenvalue weighted by Crippen LogP contribution is -2.36. The molecule has 0 spiro atoms. The summed E-state index contributed by atoms with van der Waals surface area (Å²) in [7, 11) is 1.85. The molecule has 1 amide bonds. The van der Waals surface area contributed by atoms with E-state index in [4.69, 9.17) is 11.6 Å². The molecule has 0 N–H and O–H groups in total. The molecule has 0 aliphatic heterocycles. The fourth-order valence-corrected chi connectivity index (χ4v) is 2.54. The standard InChI is InChI=1S/C15H17BrClN3O/c1-10(2)20(15(21)14-8-19(3)9-18-14)7-11-4-5-13(17)12(16)6-11/h4-6,8-10H,7H2,1-3H3. The summed E-state index contributed by atoms with van der Waals surface area (Å²) < 4.78 is 2.60. The van der Waals surface area contributed by atoms with Gasteiger partial charge >= 0.3 is 0 Å². The van der Waals surface area contributed by atoms with E-state index in [1.54, 1.807) is 22.0 Å². The third-order valence-electron chi connectivity index (χ3n) is 3.15. The van der Waals surface area contributed by atoms with Gasteiger partial charge in [-0.2, -0.15) is 0 Å². The van der Waals surface area contributed by atoms with E-state index in [1.165, 1.54) is 0 Å². The molecule has 2 rings (SSSR count). The summed E-state index contributed by atoms with van der Waals surface area (Å²) in [5, 5.41) is 0.658. The van der Waals surface area contributed by atoms with Crippen LogP contribution in [0.2, 0.25) is 5.02 Å². The maximum Gasteiger partial charge on any atom is 0.274 e. The summed E-state index contributed by atoms with van der Waals surface area (Å²) in [6, 6.07) is 5.76. The zero-order valence-electron chi connectivity index (χ0n) is 12.2. The quantitative estimate of drug-likeness (QED) is 0.819. The van der Waals surface area contributed by atoms with Gasteiger partial charge < -0.3 is 9.47 Å². The zero-order valence-corrected chi connectivity index (χ0v) is 14.5. The van der Waals surface area contributed by atoms with Gasteiger partial charge in [-0.05, 0) is 47.5 Å². The maximum absolute atomic E-state index is 12.6. The van der Waals surface area contributed by atoms with Crippen molar-refractivity contribution in [1.82, 2.24) is 14.5 Å². The lowest BCUT2D eigenvalue weighted by Gasteiger charge is -2.26. The summed E-state index contributed by atoms with van der Waals surface area (Å²) in [6.07, 6.45) is 3.36. The van der Waals surface area contributed by atoms with E-state index in [2.05, 4.69) is 20.9 Å². The molecule has 0 aliphatic carbocycles. The SMILES string of the molecule is CC(C)N(Cc1ccc(Cl)c(Br)c1)C(=O)c1cn(C)cn1. The predicted molar refractivity (Wildman–Crippen MR) is 87.4 cm³/mol. The van der Waals surface area contributed by atoms with Gasteiger partial charge in [-0.3, -0.25) is 4.79 Å². The smallest absolute Gasteiger partial charge is 0.274 e. The molecule has 1 aromatic heterocycles. The molecule has 0 saturated carbocycles. The number of carbonyl (C=O) groups excluding carboxylic acids is 1. The second kappa shape index (κ2) is 6.62. The average molecular weight is 371 g/mol. The first-order valence-corrected chi connectivity index (χ1v) is 7.78. The van der Waals surface area contributed by atoms with Gasteiger partial charge in [0.2, 0.25) is 0 Å². The number of hydrogen-bond donors (Lipinski definition) is 0. The number of rotatable bonds is 4. The molecule has 0 radical (unpaired) electrons. The van der Waals surface area contributed by atoms with Crippen LogP contribution in [-0.4, -0.2) is 26.4 Å². The minimum Gasteiger partial charge on any atom is -0.340 e. The fourth-order valence-electron chi connectivity index (χ4n) is 1.99. The first-order chi connectivity index (χ1) is 9.88. The maximum atomic E-state index is 12.6. The Labute approximate surface area is 137 Å². The summed E-state index contributed by atoms with van der Waals surface area (Å²) in [5.74, 6) is -0.0725. The van der Waals surface area contributed by atoms with Gasteiger partial charge in [0.25, 0.3) is 5.91 Å². The Balaban J connectivity index is 2.23. The Morgan fingerprint density at radius 3 is 2.71 bits per heavy atom. The summed E-state index contributed by atoms with van der Waals surface area (Å²) in [5.41, 5.74) is 1.48. The second-order valence-electron chi connectivity index (χ2n) is 5.20. The van der Waals surface area contributed by atoms with Gasteiger partial charge in [-0.1, -0.05) is 17.7 Å². The van der Waals surface area contributed by atoms with Crippen LogP contribution in [0.25, 0.3) is 0 Å². The number of halogens is 2. The first kappa shape index (κ1) is 16.0. The molecule has 21 heavy (non-hydrogen) atoms. The predicted octanol–water partition coefficient (Wildman–Crippen LogP) is 3.89. The summed E-state index contributed by atoms with van der Waals surface area (Å²) >= 11 is 9.41. The van der Waals surface area contributed by atoms with Crippen molar-refractivity contribution in [2.45, 2.75) is 26.4 Å². The van der Waals surface area contributed by atoms with Crippen LogP contribution in [-0.2, 0) is 13.6 Å². The van der Waals surface area contributed by atoms with E-state index in [9.17, 15) is 4.79 Å². The number of hydrogen-bond acceptors (Lipinski definition) is 2. The van der Waals surface area contributed by atoms with E-state index in [0.717, 1.165) is 10.0 Å². The van der Waals surface area contributed by atoms with Gasteiger partial charge in [0.15, 0.2) is 0 Å². The third kappa shape index (κ3) is 3.86. The number of nitrogens with zero attached hydrogens (tertiary/aromatic N) is 3. The molecule has 0 aliphatic rings. The number of benzene rings is 1. The zero-order chi connectivity index (χ0) is 15.6. The van der Waals surface area contributed by atoms with E-state index >= 15 is 0 Å². The minimum absolute atomic E-state index is 0.0725. The van der Waals surface area contributed by atoms with Crippen molar-refractivity contribution in [1.29, 1.82) is 0 Å². The van der Waals surface area contributed by atoms with Crippen molar-refractivity contribution in [2.75, 3.05) is 0 Å². The van der Waals surface area contributed by atoms with Crippen LogP contribution in [0.4, 0.5) is 0 Å². The van der Waals surface area contributed by atoms with Crippen LogP contribution in [0.1, 0.15) is 29.9 Å². The highest BCUT2D eigenvalue weighted by Gasteiger charge is 2.21. The minimum atomic E-state index is -0.0725. The molecule has 2 aromatic rings. The summed E-state index contributed by atoms with van der Waals surface area (Å²) in [4.78, 5) is 18.5.